The highest BCUT2D eigenvalue weighted by Crippen LogP contribution is 2.37. The summed E-state index contributed by atoms with van der Waals surface area (Å²) in [6, 6.07) is 13.9. The minimum atomic E-state index is -0.163. The summed E-state index contributed by atoms with van der Waals surface area (Å²) in [4.78, 5) is 15.9. The molecule has 0 spiro atoms. The summed E-state index contributed by atoms with van der Waals surface area (Å²) in [7, 11) is 1.42. The van der Waals surface area contributed by atoms with E-state index in [-0.39, 0.29) is 18.1 Å². The smallest absolute Gasteiger partial charge is 0.305 e. The van der Waals surface area contributed by atoms with E-state index in [2.05, 4.69) is 27.6 Å². The average Bonchev–Trinajstić information content (AvgIpc) is 3.51. The minimum absolute atomic E-state index is 0.0266. The summed E-state index contributed by atoms with van der Waals surface area (Å²) >= 11 is 0. The molecule has 0 saturated carbocycles. The number of nitrogens with one attached hydrogen (secondary N) is 1. The lowest BCUT2D eigenvalue weighted by molar-refractivity contribution is -0.140. The molecule has 35 heavy (non-hydrogen) atoms. The number of aromatic nitrogens is 2. The SMILES string of the molecule is COC(=O)CCCCNC1CCc2c(-c3noc(-c4ccc(OC(C)C)c(C#N)c4)n3)cccc21. The van der Waals surface area contributed by atoms with Gasteiger partial charge in [-0.2, -0.15) is 10.2 Å². The third-order valence-electron chi connectivity index (χ3n) is 6.07. The first kappa shape index (κ1) is 24.4. The van der Waals surface area contributed by atoms with Crippen LogP contribution in [-0.2, 0) is 16.0 Å². The van der Waals surface area contributed by atoms with Crippen molar-refractivity contribution in [2.75, 3.05) is 13.7 Å². The maximum absolute atomic E-state index is 11.3. The lowest BCUT2D eigenvalue weighted by Gasteiger charge is -2.14. The van der Waals surface area contributed by atoms with E-state index in [1.165, 1.54) is 18.2 Å². The van der Waals surface area contributed by atoms with E-state index in [9.17, 15) is 10.1 Å². The molecular weight excluding hydrogens is 444 g/mol. The topological polar surface area (TPSA) is 110 Å². The normalized spacial score (nSPS) is 14.5. The van der Waals surface area contributed by atoms with E-state index in [1.54, 1.807) is 12.1 Å². The quantitative estimate of drug-likeness (QED) is 0.323. The van der Waals surface area contributed by atoms with Gasteiger partial charge in [0.2, 0.25) is 5.82 Å². The monoisotopic (exact) mass is 474 g/mol. The molecule has 0 saturated heterocycles. The summed E-state index contributed by atoms with van der Waals surface area (Å²) in [5.74, 6) is 1.28. The zero-order valence-electron chi connectivity index (χ0n) is 20.3. The third kappa shape index (κ3) is 5.69. The Balaban J connectivity index is 1.47. The third-order valence-corrected chi connectivity index (χ3v) is 6.07. The lowest BCUT2D eigenvalue weighted by Crippen LogP contribution is -2.20. The molecule has 2 aromatic carbocycles. The molecule has 4 rings (SSSR count). The number of hydrogen-bond acceptors (Lipinski definition) is 8. The number of fused-ring (bicyclic) bond motifs is 1. The largest absolute Gasteiger partial charge is 0.490 e. The van der Waals surface area contributed by atoms with Crippen LogP contribution in [0.4, 0.5) is 0 Å². The predicted octanol–water partition coefficient (Wildman–Crippen LogP) is 4.98. The van der Waals surface area contributed by atoms with Crippen molar-refractivity contribution in [2.24, 2.45) is 0 Å². The van der Waals surface area contributed by atoms with Crippen LogP contribution in [0, 0.1) is 11.3 Å². The number of hydrogen-bond donors (Lipinski definition) is 1. The van der Waals surface area contributed by atoms with Gasteiger partial charge in [-0.1, -0.05) is 23.4 Å². The van der Waals surface area contributed by atoms with Gasteiger partial charge in [0.05, 0.1) is 18.8 Å². The van der Waals surface area contributed by atoms with E-state index in [4.69, 9.17) is 14.0 Å². The first-order valence-corrected chi connectivity index (χ1v) is 12.0. The van der Waals surface area contributed by atoms with Crippen molar-refractivity contribution in [1.29, 1.82) is 5.26 Å². The van der Waals surface area contributed by atoms with Gasteiger partial charge < -0.3 is 19.3 Å². The highest BCUT2D eigenvalue weighted by atomic mass is 16.5. The number of unbranched alkanes of at least 4 members (excludes halogenated alkanes) is 1. The highest BCUT2D eigenvalue weighted by Gasteiger charge is 2.26. The van der Waals surface area contributed by atoms with E-state index >= 15 is 0 Å². The second-order valence-electron chi connectivity index (χ2n) is 8.86. The number of nitrogens with zero attached hydrogens (tertiary/aromatic N) is 3. The molecule has 1 unspecified atom stereocenters. The van der Waals surface area contributed by atoms with E-state index in [0.29, 0.717) is 35.0 Å². The maximum Gasteiger partial charge on any atom is 0.305 e. The van der Waals surface area contributed by atoms with Crippen LogP contribution >= 0.6 is 0 Å². The van der Waals surface area contributed by atoms with Crippen molar-refractivity contribution in [3.8, 4) is 34.7 Å². The molecule has 1 aromatic heterocycles. The molecule has 3 aromatic rings. The summed E-state index contributed by atoms with van der Waals surface area (Å²) in [6.07, 6.45) is 4.07. The van der Waals surface area contributed by atoms with Gasteiger partial charge in [-0.05, 0) is 75.4 Å². The molecule has 1 N–H and O–H groups in total. The average molecular weight is 475 g/mol. The van der Waals surface area contributed by atoms with Crippen molar-refractivity contribution in [2.45, 2.75) is 58.1 Å². The molecule has 1 aliphatic rings. The van der Waals surface area contributed by atoms with Crippen LogP contribution in [0.1, 0.15) is 62.3 Å². The Bertz CT molecular complexity index is 1230. The zero-order valence-corrected chi connectivity index (χ0v) is 20.3. The molecule has 0 amide bonds. The molecule has 1 aliphatic carbocycles. The van der Waals surface area contributed by atoms with Gasteiger partial charge >= 0.3 is 5.97 Å². The van der Waals surface area contributed by atoms with Gasteiger partial charge in [0, 0.05) is 23.6 Å². The summed E-state index contributed by atoms with van der Waals surface area (Å²) in [5, 5.41) is 17.4. The van der Waals surface area contributed by atoms with Gasteiger partial charge in [-0.15, -0.1) is 0 Å². The number of nitriles is 1. The number of benzene rings is 2. The maximum atomic E-state index is 11.3. The van der Waals surface area contributed by atoms with E-state index < -0.39 is 0 Å². The summed E-state index contributed by atoms with van der Waals surface area (Å²) in [6.45, 7) is 4.68. The van der Waals surface area contributed by atoms with Crippen LogP contribution in [-0.4, -0.2) is 35.9 Å². The molecule has 0 aliphatic heterocycles. The van der Waals surface area contributed by atoms with Crippen LogP contribution in [0.2, 0.25) is 0 Å². The van der Waals surface area contributed by atoms with E-state index in [1.807, 2.05) is 32.0 Å². The molecule has 1 atom stereocenters. The van der Waals surface area contributed by atoms with Gasteiger partial charge in [-0.25, -0.2) is 0 Å². The van der Waals surface area contributed by atoms with Crippen LogP contribution in [0.5, 0.6) is 5.75 Å². The fourth-order valence-corrected chi connectivity index (χ4v) is 4.41. The minimum Gasteiger partial charge on any atom is -0.490 e. The van der Waals surface area contributed by atoms with E-state index in [0.717, 1.165) is 37.8 Å². The standard InChI is InChI=1S/C27H30N4O4/c1-17(2)34-24-13-10-18(15-19(24)16-28)27-30-26(31-35-27)22-8-6-7-21-20(22)11-12-23(21)29-14-5-4-9-25(32)33-3/h6-8,10,13,15,17,23,29H,4-5,9,11-12,14H2,1-3H3. The molecule has 0 radical (unpaired) electrons. The number of carbonyl (C=O) groups excluding carboxylic acids is 1. The van der Waals surface area contributed by atoms with Crippen molar-refractivity contribution in [3.05, 3.63) is 53.1 Å². The molecule has 182 valence electrons. The number of methoxy groups -OCH3 is 1. The molecule has 8 nitrogen and oxygen atoms in total. The summed E-state index contributed by atoms with van der Waals surface area (Å²) in [5.41, 5.74) is 4.55. The van der Waals surface area contributed by atoms with Crippen LogP contribution in [0.25, 0.3) is 22.8 Å². The van der Waals surface area contributed by atoms with Crippen molar-refractivity contribution in [3.63, 3.8) is 0 Å². The fraction of sp³-hybridized carbons (Fsp3) is 0.407. The second kappa shape index (κ2) is 11.2. The molecule has 8 heteroatoms. The Morgan fingerprint density at radius 3 is 2.91 bits per heavy atom. The van der Waals surface area contributed by atoms with Crippen LogP contribution < -0.4 is 10.1 Å². The van der Waals surface area contributed by atoms with Crippen LogP contribution in [0.15, 0.2) is 40.9 Å². The number of rotatable bonds is 10. The Kier molecular flexibility index (Phi) is 7.78. The predicted molar refractivity (Wildman–Crippen MR) is 131 cm³/mol. The lowest BCUT2D eigenvalue weighted by atomic mass is 10.0. The molecule has 0 fully saturated rings. The van der Waals surface area contributed by atoms with Gasteiger partial charge in [0.15, 0.2) is 0 Å². The number of esters is 1. The highest BCUT2D eigenvalue weighted by molar-refractivity contribution is 5.69. The fourth-order valence-electron chi connectivity index (χ4n) is 4.41. The van der Waals surface area contributed by atoms with Gasteiger partial charge in [0.1, 0.15) is 11.8 Å². The Morgan fingerprint density at radius 2 is 2.14 bits per heavy atom. The number of ether oxygens (including phenoxy) is 2. The first-order valence-electron chi connectivity index (χ1n) is 12.0. The number of carbonyl (C=O) groups is 1. The van der Waals surface area contributed by atoms with Crippen molar-refractivity contribution >= 4 is 5.97 Å². The Hall–Kier alpha value is -3.70. The molecular formula is C27H30N4O4. The Morgan fingerprint density at radius 1 is 1.29 bits per heavy atom. The Labute approximate surface area is 205 Å². The first-order chi connectivity index (χ1) is 17.0. The molecule has 0 bridgehead atoms. The van der Waals surface area contributed by atoms with Gasteiger partial charge in [-0.3, -0.25) is 4.79 Å². The van der Waals surface area contributed by atoms with Crippen molar-refractivity contribution in [1.82, 2.24) is 15.5 Å². The van der Waals surface area contributed by atoms with Crippen molar-refractivity contribution < 1.29 is 18.8 Å². The molecule has 1 heterocycles. The second-order valence-corrected chi connectivity index (χ2v) is 8.86. The zero-order chi connectivity index (χ0) is 24.8. The van der Waals surface area contributed by atoms with Gasteiger partial charge in [0.25, 0.3) is 5.89 Å². The summed E-state index contributed by atoms with van der Waals surface area (Å²) < 4.78 is 16.0. The van der Waals surface area contributed by atoms with Crippen LogP contribution in [0.3, 0.4) is 0 Å².